The molecule has 146 valence electrons. The number of methoxy groups -OCH3 is 1. The van der Waals surface area contributed by atoms with E-state index in [0.717, 1.165) is 11.3 Å². The van der Waals surface area contributed by atoms with Crippen LogP contribution < -0.4 is 14.8 Å². The predicted molar refractivity (Wildman–Crippen MR) is 106 cm³/mol. The van der Waals surface area contributed by atoms with E-state index < -0.39 is 0 Å². The summed E-state index contributed by atoms with van der Waals surface area (Å²) in [4.78, 5) is 18.3. The van der Waals surface area contributed by atoms with Gasteiger partial charge < -0.3 is 19.7 Å². The molecule has 0 bridgehead atoms. The minimum Gasteiger partial charge on any atom is -0.493 e. The lowest BCUT2D eigenvalue weighted by molar-refractivity contribution is 0.203. The predicted octanol–water partition coefficient (Wildman–Crippen LogP) is 4.03. The van der Waals surface area contributed by atoms with E-state index in [1.165, 1.54) is 0 Å². The highest BCUT2D eigenvalue weighted by Gasteiger charge is 2.16. The Morgan fingerprint density at radius 1 is 1.19 bits per heavy atom. The Balaban J connectivity index is 1.99. The zero-order valence-corrected chi connectivity index (χ0v) is 16.7. The van der Waals surface area contributed by atoms with E-state index in [0.29, 0.717) is 30.6 Å². The lowest BCUT2D eigenvalue weighted by Gasteiger charge is -2.22. The second-order valence-corrected chi connectivity index (χ2v) is 6.96. The molecule has 1 aromatic heterocycles. The van der Waals surface area contributed by atoms with Crippen LogP contribution >= 0.6 is 0 Å². The van der Waals surface area contributed by atoms with Crippen molar-refractivity contribution in [3.05, 3.63) is 53.9 Å². The third-order valence-electron chi connectivity index (χ3n) is 4.07. The fourth-order valence-electron chi connectivity index (χ4n) is 2.51. The number of amides is 2. The number of ether oxygens (including phenoxy) is 2. The summed E-state index contributed by atoms with van der Waals surface area (Å²) in [6, 6.07) is 11.1. The average molecular weight is 371 g/mol. The molecule has 0 aliphatic carbocycles. The first kappa shape index (κ1) is 20.6. The number of aromatic nitrogens is 1. The average Bonchev–Trinajstić information content (AvgIpc) is 2.66. The number of benzene rings is 1. The summed E-state index contributed by atoms with van der Waals surface area (Å²) in [5.74, 6) is 1.80. The number of carbonyl (C=O) groups is 1. The van der Waals surface area contributed by atoms with Crippen molar-refractivity contribution in [1.82, 2.24) is 15.2 Å². The smallest absolute Gasteiger partial charge is 0.317 e. The Morgan fingerprint density at radius 2 is 1.96 bits per heavy atom. The number of nitrogens with one attached hydrogen (secondary N) is 1. The Kier molecular flexibility index (Phi) is 7.46. The van der Waals surface area contributed by atoms with Crippen LogP contribution in [0.2, 0.25) is 0 Å². The van der Waals surface area contributed by atoms with Gasteiger partial charge in [0, 0.05) is 13.2 Å². The van der Waals surface area contributed by atoms with Gasteiger partial charge in [-0.05, 0) is 42.7 Å². The van der Waals surface area contributed by atoms with Gasteiger partial charge in [-0.25, -0.2) is 4.79 Å². The van der Waals surface area contributed by atoms with Gasteiger partial charge in [-0.1, -0.05) is 26.0 Å². The molecule has 0 spiro atoms. The van der Waals surface area contributed by atoms with Crippen molar-refractivity contribution in [1.29, 1.82) is 0 Å². The normalized spacial score (nSPS) is 11.8. The molecule has 2 aromatic rings. The number of nitrogens with zero attached hydrogens (tertiary/aromatic N) is 2. The Bertz CT molecular complexity index is 735. The summed E-state index contributed by atoms with van der Waals surface area (Å²) in [6.07, 6.45) is 1.72. The van der Waals surface area contributed by atoms with Crippen molar-refractivity contribution >= 4 is 6.03 Å². The Labute approximate surface area is 161 Å². The first-order valence-electron chi connectivity index (χ1n) is 9.13. The van der Waals surface area contributed by atoms with Crippen molar-refractivity contribution in [2.75, 3.05) is 20.8 Å². The number of rotatable bonds is 8. The second kappa shape index (κ2) is 9.80. The fraction of sp³-hybridized carbons (Fsp3) is 0.429. The SMILES string of the molecule is COc1cc(C(C)NC(=O)N(C)Cc2ccccn2)ccc1OCC(C)C. The van der Waals surface area contributed by atoms with E-state index in [2.05, 4.69) is 24.1 Å². The van der Waals surface area contributed by atoms with Gasteiger partial charge in [0.05, 0.1) is 32.0 Å². The lowest BCUT2D eigenvalue weighted by Crippen LogP contribution is -2.38. The van der Waals surface area contributed by atoms with Crippen LogP contribution in [0.4, 0.5) is 4.79 Å². The molecule has 0 aliphatic heterocycles. The molecule has 1 aromatic carbocycles. The standard InChI is InChI=1S/C21H29N3O3/c1-15(2)14-27-19-10-9-17(12-20(19)26-5)16(3)23-21(25)24(4)13-18-8-6-7-11-22-18/h6-12,15-16H,13-14H2,1-5H3,(H,23,25). The number of hydrogen-bond donors (Lipinski definition) is 1. The number of carbonyl (C=O) groups excluding carboxylic acids is 1. The van der Waals surface area contributed by atoms with Crippen molar-refractivity contribution in [2.45, 2.75) is 33.4 Å². The lowest BCUT2D eigenvalue weighted by atomic mass is 10.1. The van der Waals surface area contributed by atoms with Crippen LogP contribution in [0.3, 0.4) is 0 Å². The molecular formula is C21H29N3O3. The van der Waals surface area contributed by atoms with Gasteiger partial charge >= 0.3 is 6.03 Å². The van der Waals surface area contributed by atoms with Gasteiger partial charge in [0.2, 0.25) is 0 Å². The van der Waals surface area contributed by atoms with Crippen LogP contribution in [-0.2, 0) is 6.54 Å². The third-order valence-corrected chi connectivity index (χ3v) is 4.07. The number of hydrogen-bond acceptors (Lipinski definition) is 4. The third kappa shape index (κ3) is 6.16. The van der Waals surface area contributed by atoms with E-state index in [9.17, 15) is 4.79 Å². The molecule has 27 heavy (non-hydrogen) atoms. The van der Waals surface area contributed by atoms with E-state index in [4.69, 9.17) is 9.47 Å². The maximum atomic E-state index is 12.5. The van der Waals surface area contributed by atoms with Crippen LogP contribution in [-0.4, -0.2) is 36.7 Å². The van der Waals surface area contributed by atoms with Gasteiger partial charge in [0.1, 0.15) is 0 Å². The Morgan fingerprint density at radius 3 is 2.59 bits per heavy atom. The zero-order chi connectivity index (χ0) is 19.8. The monoisotopic (exact) mass is 371 g/mol. The minimum absolute atomic E-state index is 0.160. The molecular weight excluding hydrogens is 342 g/mol. The van der Waals surface area contributed by atoms with Gasteiger partial charge in [-0.2, -0.15) is 0 Å². The van der Waals surface area contributed by atoms with Gasteiger partial charge in [-0.15, -0.1) is 0 Å². The molecule has 0 fully saturated rings. The van der Waals surface area contributed by atoms with E-state index in [-0.39, 0.29) is 12.1 Å². The second-order valence-electron chi connectivity index (χ2n) is 6.96. The Hall–Kier alpha value is -2.76. The molecule has 0 radical (unpaired) electrons. The molecule has 6 nitrogen and oxygen atoms in total. The summed E-state index contributed by atoms with van der Waals surface area (Å²) in [6.45, 7) is 7.21. The highest BCUT2D eigenvalue weighted by atomic mass is 16.5. The van der Waals surface area contributed by atoms with Crippen LogP contribution in [0, 0.1) is 5.92 Å². The van der Waals surface area contributed by atoms with E-state index >= 15 is 0 Å². The summed E-state index contributed by atoms with van der Waals surface area (Å²) in [5, 5.41) is 3.00. The molecule has 6 heteroatoms. The quantitative estimate of drug-likeness (QED) is 0.761. The molecule has 0 aliphatic rings. The van der Waals surface area contributed by atoms with Crippen molar-refractivity contribution in [3.8, 4) is 11.5 Å². The highest BCUT2D eigenvalue weighted by Crippen LogP contribution is 2.30. The first-order valence-corrected chi connectivity index (χ1v) is 9.13. The molecule has 2 amide bonds. The summed E-state index contributed by atoms with van der Waals surface area (Å²) in [5.41, 5.74) is 1.79. The molecule has 0 saturated heterocycles. The summed E-state index contributed by atoms with van der Waals surface area (Å²) in [7, 11) is 3.37. The first-order chi connectivity index (χ1) is 12.9. The van der Waals surface area contributed by atoms with Gasteiger partial charge in [0.15, 0.2) is 11.5 Å². The molecule has 1 N–H and O–H groups in total. The topological polar surface area (TPSA) is 63.7 Å². The zero-order valence-electron chi connectivity index (χ0n) is 16.7. The van der Waals surface area contributed by atoms with Crippen molar-refractivity contribution in [3.63, 3.8) is 0 Å². The molecule has 1 atom stereocenters. The molecule has 1 unspecified atom stereocenters. The van der Waals surface area contributed by atoms with E-state index in [1.807, 2.05) is 43.3 Å². The fourth-order valence-corrected chi connectivity index (χ4v) is 2.51. The maximum absolute atomic E-state index is 12.5. The summed E-state index contributed by atoms with van der Waals surface area (Å²) < 4.78 is 11.2. The molecule has 2 rings (SSSR count). The van der Waals surface area contributed by atoms with Crippen LogP contribution in [0.5, 0.6) is 11.5 Å². The largest absolute Gasteiger partial charge is 0.493 e. The highest BCUT2D eigenvalue weighted by molar-refractivity contribution is 5.74. The number of urea groups is 1. The van der Waals surface area contributed by atoms with Crippen LogP contribution in [0.25, 0.3) is 0 Å². The molecule has 1 heterocycles. The maximum Gasteiger partial charge on any atom is 0.317 e. The minimum atomic E-state index is -0.170. The number of pyridine rings is 1. The summed E-state index contributed by atoms with van der Waals surface area (Å²) >= 11 is 0. The van der Waals surface area contributed by atoms with Crippen LogP contribution in [0.1, 0.15) is 38.1 Å². The van der Waals surface area contributed by atoms with Gasteiger partial charge in [-0.3, -0.25) is 4.98 Å². The van der Waals surface area contributed by atoms with Crippen LogP contribution in [0.15, 0.2) is 42.6 Å². The van der Waals surface area contributed by atoms with Gasteiger partial charge in [0.25, 0.3) is 0 Å². The molecule has 0 saturated carbocycles. The van der Waals surface area contributed by atoms with Crippen molar-refractivity contribution < 1.29 is 14.3 Å². The van der Waals surface area contributed by atoms with Crippen molar-refractivity contribution in [2.24, 2.45) is 5.92 Å². The van der Waals surface area contributed by atoms with E-state index in [1.54, 1.807) is 25.3 Å².